The first-order chi connectivity index (χ1) is 9.24. The maximum atomic E-state index is 11.3. The van der Waals surface area contributed by atoms with Crippen LogP contribution < -0.4 is 5.32 Å². The summed E-state index contributed by atoms with van der Waals surface area (Å²) in [7, 11) is 1.28. The van der Waals surface area contributed by atoms with Gasteiger partial charge in [0.15, 0.2) is 5.82 Å². The number of carbonyl (C=O) groups is 1. The van der Waals surface area contributed by atoms with Crippen molar-refractivity contribution < 1.29 is 9.53 Å². The summed E-state index contributed by atoms with van der Waals surface area (Å²) >= 11 is 0. The molecule has 2 aromatic heterocycles. The Morgan fingerprint density at radius 2 is 2.26 bits per heavy atom. The Balaban J connectivity index is 2.21. The third kappa shape index (κ3) is 3.03. The maximum Gasteiger partial charge on any atom is 0.377 e. The second kappa shape index (κ2) is 5.89. The molecule has 0 radical (unpaired) electrons. The van der Waals surface area contributed by atoms with Gasteiger partial charge in [0, 0.05) is 12.6 Å². The molecule has 19 heavy (non-hydrogen) atoms. The van der Waals surface area contributed by atoms with E-state index in [1.54, 1.807) is 6.07 Å². The van der Waals surface area contributed by atoms with Crippen LogP contribution in [0.2, 0.25) is 0 Å². The van der Waals surface area contributed by atoms with E-state index in [1.807, 2.05) is 0 Å². The van der Waals surface area contributed by atoms with Crippen LogP contribution in [0, 0.1) is 0 Å². The molecule has 0 aliphatic heterocycles. The van der Waals surface area contributed by atoms with Gasteiger partial charge in [-0.1, -0.05) is 6.92 Å². The summed E-state index contributed by atoms with van der Waals surface area (Å²) in [5.41, 5.74) is 0. The third-order valence-electron chi connectivity index (χ3n) is 2.30. The van der Waals surface area contributed by atoms with Crippen molar-refractivity contribution in [3.63, 3.8) is 0 Å². The van der Waals surface area contributed by atoms with E-state index in [2.05, 4.69) is 37.0 Å². The zero-order chi connectivity index (χ0) is 13.7. The van der Waals surface area contributed by atoms with E-state index in [9.17, 15) is 4.79 Å². The first-order valence-electron chi connectivity index (χ1n) is 5.81. The minimum Gasteiger partial charge on any atom is -0.463 e. The first kappa shape index (κ1) is 12.9. The second-order valence-electron chi connectivity index (χ2n) is 3.69. The van der Waals surface area contributed by atoms with Gasteiger partial charge in [-0.15, -0.1) is 5.10 Å². The number of hydrogen-bond acceptors (Lipinski definition) is 7. The Morgan fingerprint density at radius 3 is 3.00 bits per heavy atom. The molecular weight excluding hydrogens is 248 g/mol. The van der Waals surface area contributed by atoms with Crippen LogP contribution >= 0.6 is 0 Å². The summed E-state index contributed by atoms with van der Waals surface area (Å²) < 4.78 is 5.93. The molecule has 1 N–H and O–H groups in total. The molecule has 0 unspecified atom stereocenters. The van der Waals surface area contributed by atoms with Crippen molar-refractivity contribution >= 4 is 11.8 Å². The molecular formula is C11H14N6O2. The number of nitrogens with one attached hydrogen (secondary N) is 1. The smallest absolute Gasteiger partial charge is 0.377 e. The molecule has 0 saturated heterocycles. The number of anilines is 1. The molecule has 2 rings (SSSR count). The van der Waals surface area contributed by atoms with Crippen LogP contribution in [0.1, 0.15) is 24.0 Å². The minimum absolute atomic E-state index is 0.0100. The molecule has 0 saturated carbocycles. The lowest BCUT2D eigenvalue weighted by Crippen LogP contribution is -2.07. The quantitative estimate of drug-likeness (QED) is 0.791. The maximum absolute atomic E-state index is 11.3. The molecule has 0 bridgehead atoms. The van der Waals surface area contributed by atoms with E-state index < -0.39 is 5.97 Å². The van der Waals surface area contributed by atoms with Crippen molar-refractivity contribution in [3.8, 4) is 5.82 Å². The number of ether oxygens (including phenoxy) is 1. The largest absolute Gasteiger partial charge is 0.463 e. The van der Waals surface area contributed by atoms with Gasteiger partial charge in [0.2, 0.25) is 0 Å². The predicted octanol–water partition coefficient (Wildman–Crippen LogP) is 0.666. The molecule has 0 atom stereocenters. The Labute approximate surface area is 109 Å². The summed E-state index contributed by atoms with van der Waals surface area (Å²) in [4.78, 5) is 23.3. The lowest BCUT2D eigenvalue weighted by Gasteiger charge is -2.04. The van der Waals surface area contributed by atoms with Crippen molar-refractivity contribution in [1.82, 2.24) is 24.7 Å². The molecule has 0 aliphatic rings. The number of rotatable bonds is 5. The molecule has 0 fully saturated rings. The van der Waals surface area contributed by atoms with Crippen molar-refractivity contribution in [2.45, 2.75) is 13.3 Å². The van der Waals surface area contributed by atoms with Crippen LogP contribution in [0.25, 0.3) is 5.82 Å². The predicted molar refractivity (Wildman–Crippen MR) is 67.1 cm³/mol. The number of esters is 1. The second-order valence-corrected chi connectivity index (χ2v) is 3.69. The number of hydrogen-bond donors (Lipinski definition) is 1. The van der Waals surface area contributed by atoms with Crippen molar-refractivity contribution in [2.24, 2.45) is 0 Å². The van der Waals surface area contributed by atoms with Gasteiger partial charge in [-0.25, -0.2) is 24.4 Å². The lowest BCUT2D eigenvalue weighted by molar-refractivity contribution is 0.0587. The van der Waals surface area contributed by atoms with E-state index in [0.29, 0.717) is 11.6 Å². The molecule has 100 valence electrons. The van der Waals surface area contributed by atoms with Crippen LogP contribution in [0.4, 0.5) is 5.82 Å². The summed E-state index contributed by atoms with van der Waals surface area (Å²) in [6, 6.07) is 1.73. The number of nitrogens with zero attached hydrogens (tertiary/aromatic N) is 5. The van der Waals surface area contributed by atoms with E-state index in [4.69, 9.17) is 0 Å². The zero-order valence-corrected chi connectivity index (χ0v) is 10.7. The van der Waals surface area contributed by atoms with Crippen LogP contribution in [0.3, 0.4) is 0 Å². The summed E-state index contributed by atoms with van der Waals surface area (Å²) in [6.07, 6.45) is 3.82. The Bertz CT molecular complexity index is 568. The van der Waals surface area contributed by atoms with Gasteiger partial charge >= 0.3 is 5.97 Å². The Kier molecular flexibility index (Phi) is 4.01. The average Bonchev–Trinajstić information content (AvgIpc) is 2.94. The number of methoxy groups -OCH3 is 1. The van der Waals surface area contributed by atoms with E-state index in [0.717, 1.165) is 13.0 Å². The van der Waals surface area contributed by atoms with E-state index >= 15 is 0 Å². The highest BCUT2D eigenvalue weighted by Crippen LogP contribution is 2.08. The molecule has 0 aromatic carbocycles. The van der Waals surface area contributed by atoms with E-state index in [-0.39, 0.29) is 5.82 Å². The first-order valence-corrected chi connectivity index (χ1v) is 5.81. The molecule has 0 aliphatic carbocycles. The lowest BCUT2D eigenvalue weighted by atomic mass is 10.4. The Hall–Kier alpha value is -2.51. The van der Waals surface area contributed by atoms with Crippen molar-refractivity contribution in [1.29, 1.82) is 0 Å². The SMILES string of the molecule is CCCNc1cc(-n2cnc(C(=O)OC)n2)ncn1. The fraction of sp³-hybridized carbons (Fsp3) is 0.364. The summed E-state index contributed by atoms with van der Waals surface area (Å²) in [5.74, 6) is 0.625. The van der Waals surface area contributed by atoms with Crippen LogP contribution in [0.5, 0.6) is 0 Å². The monoisotopic (exact) mass is 262 g/mol. The van der Waals surface area contributed by atoms with Crippen LogP contribution in [-0.4, -0.2) is 44.4 Å². The molecule has 2 aromatic rings. The van der Waals surface area contributed by atoms with Gasteiger partial charge in [-0.05, 0) is 6.42 Å². The Morgan fingerprint density at radius 1 is 1.42 bits per heavy atom. The fourth-order valence-corrected chi connectivity index (χ4v) is 1.38. The standard InChI is InChI=1S/C11H14N6O2/c1-3-4-12-8-5-9(14-6-13-8)17-7-15-10(16-17)11(18)19-2/h5-7H,3-4H2,1-2H3,(H,12,13,14). The molecule has 8 heteroatoms. The highest BCUT2D eigenvalue weighted by molar-refractivity contribution is 5.84. The highest BCUT2D eigenvalue weighted by Gasteiger charge is 2.12. The van der Waals surface area contributed by atoms with Gasteiger partial charge in [-0.2, -0.15) is 0 Å². The van der Waals surface area contributed by atoms with Crippen molar-refractivity contribution in [3.05, 3.63) is 24.5 Å². The molecule has 0 spiro atoms. The minimum atomic E-state index is -0.586. The zero-order valence-electron chi connectivity index (χ0n) is 10.7. The third-order valence-corrected chi connectivity index (χ3v) is 2.30. The molecule has 2 heterocycles. The average molecular weight is 262 g/mol. The topological polar surface area (TPSA) is 94.8 Å². The normalized spacial score (nSPS) is 10.2. The van der Waals surface area contributed by atoms with Gasteiger partial charge < -0.3 is 10.1 Å². The molecule has 8 nitrogen and oxygen atoms in total. The van der Waals surface area contributed by atoms with E-state index in [1.165, 1.54) is 24.4 Å². The number of carbonyl (C=O) groups excluding carboxylic acids is 1. The highest BCUT2D eigenvalue weighted by atomic mass is 16.5. The van der Waals surface area contributed by atoms with Crippen LogP contribution in [0.15, 0.2) is 18.7 Å². The van der Waals surface area contributed by atoms with Crippen molar-refractivity contribution in [2.75, 3.05) is 19.0 Å². The van der Waals surface area contributed by atoms with Gasteiger partial charge in [0.05, 0.1) is 7.11 Å². The summed E-state index contributed by atoms with van der Waals surface area (Å²) in [5, 5.41) is 7.13. The summed E-state index contributed by atoms with van der Waals surface area (Å²) in [6.45, 7) is 2.89. The number of aromatic nitrogens is 5. The van der Waals surface area contributed by atoms with Gasteiger partial charge in [0.25, 0.3) is 5.82 Å². The molecule has 0 amide bonds. The van der Waals surface area contributed by atoms with Crippen LogP contribution in [-0.2, 0) is 4.74 Å². The van der Waals surface area contributed by atoms with Gasteiger partial charge in [-0.3, -0.25) is 0 Å². The fourth-order valence-electron chi connectivity index (χ4n) is 1.38. The van der Waals surface area contributed by atoms with Gasteiger partial charge in [0.1, 0.15) is 18.5 Å².